The van der Waals surface area contributed by atoms with Crippen molar-refractivity contribution in [2.45, 2.75) is 0 Å². The van der Waals surface area contributed by atoms with Crippen molar-refractivity contribution in [3.63, 3.8) is 0 Å². The van der Waals surface area contributed by atoms with Crippen LogP contribution in [0.25, 0.3) is 11.1 Å². The van der Waals surface area contributed by atoms with Gasteiger partial charge in [0, 0.05) is 22.3 Å². The Morgan fingerprint density at radius 3 is 2.78 bits per heavy atom. The minimum absolute atomic E-state index is 0.294. The summed E-state index contributed by atoms with van der Waals surface area (Å²) in [4.78, 5) is 25.4. The second kappa shape index (κ2) is 5.06. The van der Waals surface area contributed by atoms with Gasteiger partial charge in [-0.2, -0.15) is 0 Å². The third-order valence-electron chi connectivity index (χ3n) is 2.57. The highest BCUT2D eigenvalue weighted by Crippen LogP contribution is 2.29. The Kier molecular flexibility index (Phi) is 3.48. The molecule has 0 spiro atoms. The van der Waals surface area contributed by atoms with Crippen molar-refractivity contribution < 1.29 is 14.3 Å². The van der Waals surface area contributed by atoms with Crippen LogP contribution in [0.1, 0.15) is 20.8 Å². The molecule has 2 rings (SSSR count). The first-order valence-electron chi connectivity index (χ1n) is 5.18. The molecule has 1 heterocycles. The van der Waals surface area contributed by atoms with Crippen LogP contribution >= 0.6 is 11.6 Å². The topological polar surface area (TPSA) is 59.2 Å². The van der Waals surface area contributed by atoms with Gasteiger partial charge in [-0.25, -0.2) is 4.79 Å². The third kappa shape index (κ3) is 2.15. The zero-order chi connectivity index (χ0) is 13.1. The predicted octanol–water partition coefficient (Wildman–Crippen LogP) is 2.93. The summed E-state index contributed by atoms with van der Waals surface area (Å²) < 4.78 is 4.67. The van der Waals surface area contributed by atoms with Crippen LogP contribution < -0.4 is 0 Å². The Balaban J connectivity index is 2.62. The largest absolute Gasteiger partial charge is 0.464 e. The second-order valence-electron chi connectivity index (χ2n) is 3.61. The number of halogens is 1. The first-order chi connectivity index (χ1) is 8.67. The van der Waals surface area contributed by atoms with Crippen LogP contribution in [0.2, 0.25) is 5.02 Å². The molecule has 0 fully saturated rings. The van der Waals surface area contributed by atoms with Crippen LogP contribution in [-0.2, 0) is 4.74 Å². The van der Waals surface area contributed by atoms with E-state index < -0.39 is 5.97 Å². The molecule has 4 nitrogen and oxygen atoms in total. The molecule has 0 aliphatic carbocycles. The summed E-state index contributed by atoms with van der Waals surface area (Å²) in [6.45, 7) is 0. The molecule has 0 radical (unpaired) electrons. The van der Waals surface area contributed by atoms with Gasteiger partial charge in [0.1, 0.15) is 5.69 Å². The van der Waals surface area contributed by atoms with Crippen molar-refractivity contribution in [3.8, 4) is 11.1 Å². The number of ether oxygens (including phenoxy) is 1. The molecule has 1 aromatic carbocycles. The van der Waals surface area contributed by atoms with Crippen LogP contribution in [0.5, 0.6) is 0 Å². The van der Waals surface area contributed by atoms with Gasteiger partial charge in [0.2, 0.25) is 0 Å². The van der Waals surface area contributed by atoms with E-state index in [4.69, 9.17) is 11.6 Å². The van der Waals surface area contributed by atoms with E-state index >= 15 is 0 Å². The number of aldehydes is 1. The predicted molar refractivity (Wildman–Crippen MR) is 68.0 cm³/mol. The Hall–Kier alpha value is -2.07. The minimum atomic E-state index is -0.494. The van der Waals surface area contributed by atoms with Crippen LogP contribution in [0, 0.1) is 0 Å². The molecule has 0 aliphatic heterocycles. The fourth-order valence-electron chi connectivity index (χ4n) is 1.73. The summed E-state index contributed by atoms with van der Waals surface area (Å²) in [5.74, 6) is -0.494. The molecule has 2 aromatic rings. The normalized spacial score (nSPS) is 10.1. The monoisotopic (exact) mass is 263 g/mol. The van der Waals surface area contributed by atoms with E-state index in [1.165, 1.54) is 7.11 Å². The summed E-state index contributed by atoms with van der Waals surface area (Å²) in [5, 5.41) is 0.493. The molecule has 0 bridgehead atoms. The summed E-state index contributed by atoms with van der Waals surface area (Å²) in [7, 11) is 1.30. The van der Waals surface area contributed by atoms with Gasteiger partial charge in [-0.05, 0) is 29.8 Å². The van der Waals surface area contributed by atoms with Crippen molar-refractivity contribution in [2.75, 3.05) is 7.11 Å². The number of aromatic nitrogens is 1. The molecule has 0 saturated carbocycles. The fraction of sp³-hybridized carbons (Fsp3) is 0.0769. The third-order valence-corrected chi connectivity index (χ3v) is 2.80. The summed E-state index contributed by atoms with van der Waals surface area (Å²) in [6.07, 6.45) is 2.33. The maximum Gasteiger partial charge on any atom is 0.355 e. The number of nitrogens with one attached hydrogen (secondary N) is 1. The standard InChI is InChI=1S/C13H10ClNO3/c1-18-13(17)12-10(4-5-15-12)11-6-9(14)3-2-8(11)7-16/h2-7,15H,1H3. The van der Waals surface area contributed by atoms with E-state index in [1.807, 2.05) is 0 Å². The first kappa shape index (κ1) is 12.4. The number of hydrogen-bond acceptors (Lipinski definition) is 3. The Morgan fingerprint density at radius 1 is 1.33 bits per heavy atom. The van der Waals surface area contributed by atoms with Gasteiger partial charge >= 0.3 is 5.97 Å². The van der Waals surface area contributed by atoms with E-state index in [1.54, 1.807) is 30.5 Å². The lowest BCUT2D eigenvalue weighted by atomic mass is 10.0. The maximum atomic E-state index is 11.6. The Bertz CT molecular complexity index is 604. The number of esters is 1. The lowest BCUT2D eigenvalue weighted by Gasteiger charge is -2.06. The summed E-state index contributed by atoms with van der Waals surface area (Å²) in [6, 6.07) is 6.57. The van der Waals surface area contributed by atoms with E-state index in [-0.39, 0.29) is 0 Å². The number of hydrogen-bond donors (Lipinski definition) is 1. The van der Waals surface area contributed by atoms with Crippen LogP contribution in [-0.4, -0.2) is 24.3 Å². The number of benzene rings is 1. The quantitative estimate of drug-likeness (QED) is 0.684. The van der Waals surface area contributed by atoms with Crippen molar-refractivity contribution in [2.24, 2.45) is 0 Å². The van der Waals surface area contributed by atoms with Gasteiger partial charge < -0.3 is 9.72 Å². The molecule has 92 valence electrons. The maximum absolute atomic E-state index is 11.6. The lowest BCUT2D eigenvalue weighted by molar-refractivity contribution is 0.0595. The SMILES string of the molecule is COC(=O)c1[nH]ccc1-c1cc(Cl)ccc1C=O. The van der Waals surface area contributed by atoms with Crippen LogP contribution in [0.4, 0.5) is 0 Å². The molecule has 0 unspecified atom stereocenters. The molecular formula is C13H10ClNO3. The molecule has 18 heavy (non-hydrogen) atoms. The van der Waals surface area contributed by atoms with Gasteiger partial charge in [-0.15, -0.1) is 0 Å². The molecular weight excluding hydrogens is 254 g/mol. The molecule has 1 N–H and O–H groups in total. The Labute approximate surface area is 109 Å². The molecule has 5 heteroatoms. The minimum Gasteiger partial charge on any atom is -0.464 e. The molecule has 0 atom stereocenters. The van der Waals surface area contributed by atoms with Gasteiger partial charge in [-0.3, -0.25) is 4.79 Å². The lowest BCUT2D eigenvalue weighted by Crippen LogP contribution is -2.03. The number of methoxy groups -OCH3 is 1. The summed E-state index contributed by atoms with van der Waals surface area (Å²) in [5.41, 5.74) is 1.94. The number of carbonyl (C=O) groups is 2. The number of H-pyrrole nitrogens is 1. The first-order valence-corrected chi connectivity index (χ1v) is 5.56. The van der Waals surface area contributed by atoms with E-state index in [0.29, 0.717) is 27.4 Å². The average Bonchev–Trinajstić information content (AvgIpc) is 2.86. The molecule has 0 amide bonds. The zero-order valence-corrected chi connectivity index (χ0v) is 10.3. The Morgan fingerprint density at radius 2 is 2.11 bits per heavy atom. The zero-order valence-electron chi connectivity index (χ0n) is 9.57. The van der Waals surface area contributed by atoms with Crippen molar-refractivity contribution >= 4 is 23.9 Å². The molecule has 0 saturated heterocycles. The number of rotatable bonds is 3. The van der Waals surface area contributed by atoms with Gasteiger partial charge in [0.15, 0.2) is 6.29 Å². The highest BCUT2D eigenvalue weighted by atomic mass is 35.5. The van der Waals surface area contributed by atoms with Crippen molar-refractivity contribution in [1.82, 2.24) is 4.98 Å². The smallest absolute Gasteiger partial charge is 0.355 e. The van der Waals surface area contributed by atoms with Crippen molar-refractivity contribution in [1.29, 1.82) is 0 Å². The highest BCUT2D eigenvalue weighted by molar-refractivity contribution is 6.31. The fourth-order valence-corrected chi connectivity index (χ4v) is 1.90. The average molecular weight is 264 g/mol. The molecule has 0 aliphatic rings. The van der Waals surface area contributed by atoms with Gasteiger partial charge in [-0.1, -0.05) is 11.6 Å². The number of carbonyl (C=O) groups excluding carboxylic acids is 2. The van der Waals surface area contributed by atoms with E-state index in [2.05, 4.69) is 9.72 Å². The van der Waals surface area contributed by atoms with E-state index in [0.717, 1.165) is 6.29 Å². The summed E-state index contributed by atoms with van der Waals surface area (Å²) >= 11 is 5.91. The van der Waals surface area contributed by atoms with Crippen LogP contribution in [0.15, 0.2) is 30.5 Å². The van der Waals surface area contributed by atoms with Gasteiger partial charge in [0.25, 0.3) is 0 Å². The number of aromatic amines is 1. The van der Waals surface area contributed by atoms with Crippen molar-refractivity contribution in [3.05, 3.63) is 46.7 Å². The highest BCUT2D eigenvalue weighted by Gasteiger charge is 2.17. The van der Waals surface area contributed by atoms with Crippen LogP contribution in [0.3, 0.4) is 0 Å². The second-order valence-corrected chi connectivity index (χ2v) is 4.04. The molecule has 1 aromatic heterocycles. The van der Waals surface area contributed by atoms with Gasteiger partial charge in [0.05, 0.1) is 7.11 Å². The van der Waals surface area contributed by atoms with E-state index in [9.17, 15) is 9.59 Å².